The van der Waals surface area contributed by atoms with E-state index in [4.69, 9.17) is 0 Å². The van der Waals surface area contributed by atoms with Gasteiger partial charge in [-0.15, -0.1) is 0 Å². The third-order valence-electron chi connectivity index (χ3n) is 5.69. The Balaban J connectivity index is 1.81. The summed E-state index contributed by atoms with van der Waals surface area (Å²) in [5.41, 5.74) is 3.68. The molecule has 1 aliphatic rings. The molecule has 1 aromatic rings. The second-order valence-corrected chi connectivity index (χ2v) is 7.49. The largest absolute Gasteiger partial charge is 0.0654 e. The summed E-state index contributed by atoms with van der Waals surface area (Å²) in [5, 5.41) is 0. The highest BCUT2D eigenvalue weighted by atomic mass is 14.4. The van der Waals surface area contributed by atoms with Crippen LogP contribution < -0.4 is 0 Å². The van der Waals surface area contributed by atoms with Gasteiger partial charge < -0.3 is 0 Å². The average Bonchev–Trinajstić information content (AvgIpc) is 2.53. The van der Waals surface area contributed by atoms with Crippen molar-refractivity contribution in [2.45, 2.75) is 90.9 Å². The van der Waals surface area contributed by atoms with Crippen LogP contribution in [0.3, 0.4) is 0 Å². The highest BCUT2D eigenvalue weighted by Crippen LogP contribution is 2.45. The van der Waals surface area contributed by atoms with Crippen LogP contribution in [0.15, 0.2) is 24.3 Å². The van der Waals surface area contributed by atoms with Gasteiger partial charge in [0.2, 0.25) is 0 Å². The number of rotatable bonds is 7. The molecule has 0 saturated heterocycles. The normalized spacial score (nSPS) is 26.0. The zero-order valence-electron chi connectivity index (χ0n) is 14.5. The third-order valence-corrected chi connectivity index (χ3v) is 5.69. The topological polar surface area (TPSA) is 0 Å². The average molecular weight is 287 g/mol. The molecule has 1 fully saturated rings. The van der Waals surface area contributed by atoms with Gasteiger partial charge in [0.1, 0.15) is 0 Å². The van der Waals surface area contributed by atoms with Crippen LogP contribution in [0.1, 0.15) is 95.6 Å². The second kappa shape index (κ2) is 8.01. The molecule has 0 heteroatoms. The molecule has 0 aromatic heterocycles. The minimum Gasteiger partial charge on any atom is -0.0654 e. The summed E-state index contributed by atoms with van der Waals surface area (Å²) in [6, 6.07) is 9.42. The summed E-state index contributed by atoms with van der Waals surface area (Å²) in [4.78, 5) is 0. The Morgan fingerprint density at radius 3 is 2.19 bits per heavy atom. The first-order valence-electron chi connectivity index (χ1n) is 9.25. The lowest BCUT2D eigenvalue weighted by Crippen LogP contribution is -2.23. The van der Waals surface area contributed by atoms with E-state index in [1.165, 1.54) is 63.4 Å². The molecule has 0 radical (unpaired) electrons. The molecule has 0 unspecified atom stereocenters. The fourth-order valence-corrected chi connectivity index (χ4v) is 3.90. The van der Waals surface area contributed by atoms with Crippen LogP contribution in [0.25, 0.3) is 0 Å². The van der Waals surface area contributed by atoms with E-state index in [1.807, 2.05) is 0 Å². The highest BCUT2D eigenvalue weighted by molar-refractivity contribution is 5.25. The molecule has 0 atom stereocenters. The third kappa shape index (κ3) is 4.87. The quantitative estimate of drug-likeness (QED) is 0.479. The molecule has 2 rings (SSSR count). The molecule has 0 spiro atoms. The van der Waals surface area contributed by atoms with E-state index >= 15 is 0 Å². The van der Waals surface area contributed by atoms with E-state index < -0.39 is 0 Å². The summed E-state index contributed by atoms with van der Waals surface area (Å²) in [6.07, 6.45) is 13.9. The van der Waals surface area contributed by atoms with Gasteiger partial charge in [-0.25, -0.2) is 0 Å². The molecular formula is C21H34. The Morgan fingerprint density at radius 1 is 0.952 bits per heavy atom. The van der Waals surface area contributed by atoms with Gasteiger partial charge in [-0.1, -0.05) is 70.7 Å². The van der Waals surface area contributed by atoms with Crippen molar-refractivity contribution in [1.82, 2.24) is 0 Å². The summed E-state index contributed by atoms with van der Waals surface area (Å²) >= 11 is 0. The minimum absolute atomic E-state index is 0.633. The molecule has 1 aromatic carbocycles. The smallest absolute Gasteiger partial charge is 0.0162 e. The van der Waals surface area contributed by atoms with Crippen LogP contribution in [0.2, 0.25) is 0 Å². The minimum atomic E-state index is 0.633. The van der Waals surface area contributed by atoms with Gasteiger partial charge >= 0.3 is 0 Å². The maximum Gasteiger partial charge on any atom is -0.0162 e. The van der Waals surface area contributed by atoms with Crippen molar-refractivity contribution in [3.05, 3.63) is 35.4 Å². The maximum atomic E-state index is 2.54. The molecule has 0 nitrogen and oxygen atoms in total. The van der Waals surface area contributed by atoms with Gasteiger partial charge in [0.25, 0.3) is 0 Å². The number of hydrogen-bond acceptors (Lipinski definition) is 0. The van der Waals surface area contributed by atoms with Crippen molar-refractivity contribution < 1.29 is 0 Å². The highest BCUT2D eigenvalue weighted by Gasteiger charge is 2.30. The second-order valence-electron chi connectivity index (χ2n) is 7.49. The molecule has 0 bridgehead atoms. The molecule has 21 heavy (non-hydrogen) atoms. The van der Waals surface area contributed by atoms with E-state index in [1.54, 1.807) is 5.56 Å². The van der Waals surface area contributed by atoms with E-state index in [0.29, 0.717) is 5.41 Å². The molecule has 1 aliphatic carbocycles. The van der Waals surface area contributed by atoms with Gasteiger partial charge in [0.15, 0.2) is 0 Å². The SMILES string of the molecule is CCCCCC[C@]1(C)CC[C@H](c2ccc(CC)cc2)CC1. The fourth-order valence-electron chi connectivity index (χ4n) is 3.90. The van der Waals surface area contributed by atoms with Crippen molar-refractivity contribution in [2.75, 3.05) is 0 Å². The van der Waals surface area contributed by atoms with Crippen LogP contribution in [-0.2, 0) is 6.42 Å². The van der Waals surface area contributed by atoms with Crippen molar-refractivity contribution in [2.24, 2.45) is 5.41 Å². The van der Waals surface area contributed by atoms with Crippen molar-refractivity contribution in [3.8, 4) is 0 Å². The number of aryl methyl sites for hydroxylation is 1. The molecule has 118 valence electrons. The number of hydrogen-bond donors (Lipinski definition) is 0. The number of benzene rings is 1. The van der Waals surface area contributed by atoms with E-state index in [0.717, 1.165) is 12.3 Å². The Hall–Kier alpha value is -0.780. The molecule has 0 heterocycles. The van der Waals surface area contributed by atoms with Gasteiger partial charge in [-0.2, -0.15) is 0 Å². The van der Waals surface area contributed by atoms with Gasteiger partial charge in [0.05, 0.1) is 0 Å². The maximum absolute atomic E-state index is 2.54. The van der Waals surface area contributed by atoms with E-state index in [2.05, 4.69) is 45.0 Å². The Labute approximate surface area is 132 Å². The first-order valence-corrected chi connectivity index (χ1v) is 9.25. The molecule has 0 amide bonds. The van der Waals surface area contributed by atoms with Crippen molar-refractivity contribution >= 4 is 0 Å². The molecular weight excluding hydrogens is 252 g/mol. The zero-order valence-corrected chi connectivity index (χ0v) is 14.5. The van der Waals surface area contributed by atoms with Crippen LogP contribution in [0.4, 0.5) is 0 Å². The van der Waals surface area contributed by atoms with Crippen LogP contribution in [0.5, 0.6) is 0 Å². The van der Waals surface area contributed by atoms with Crippen LogP contribution in [0, 0.1) is 5.41 Å². The first kappa shape index (κ1) is 16.6. The summed E-state index contributed by atoms with van der Waals surface area (Å²) < 4.78 is 0. The summed E-state index contributed by atoms with van der Waals surface area (Å²) in [5.74, 6) is 0.819. The van der Waals surface area contributed by atoms with Gasteiger partial charge in [0, 0.05) is 0 Å². The van der Waals surface area contributed by atoms with Crippen LogP contribution >= 0.6 is 0 Å². The predicted molar refractivity (Wildman–Crippen MR) is 93.9 cm³/mol. The standard InChI is InChI=1S/C21H34/c1-4-6-7-8-15-21(3)16-13-20(14-17-21)19-11-9-18(5-2)10-12-19/h9-12,20H,4-8,13-17H2,1-3H3/t20-,21+. The lowest BCUT2D eigenvalue weighted by atomic mass is 9.68. The Morgan fingerprint density at radius 2 is 1.62 bits per heavy atom. The molecule has 1 saturated carbocycles. The monoisotopic (exact) mass is 286 g/mol. The lowest BCUT2D eigenvalue weighted by molar-refractivity contribution is 0.178. The van der Waals surface area contributed by atoms with Crippen molar-refractivity contribution in [3.63, 3.8) is 0 Å². The van der Waals surface area contributed by atoms with E-state index in [-0.39, 0.29) is 0 Å². The first-order chi connectivity index (χ1) is 10.2. The van der Waals surface area contributed by atoms with Crippen LogP contribution in [-0.4, -0.2) is 0 Å². The Kier molecular flexibility index (Phi) is 6.33. The zero-order chi connectivity index (χ0) is 15.1. The molecule has 0 aliphatic heterocycles. The van der Waals surface area contributed by atoms with Gasteiger partial charge in [-0.3, -0.25) is 0 Å². The predicted octanol–water partition coefficient (Wildman–Crippen LogP) is 6.88. The van der Waals surface area contributed by atoms with Gasteiger partial charge in [-0.05, 0) is 61.0 Å². The van der Waals surface area contributed by atoms with E-state index in [9.17, 15) is 0 Å². The lowest BCUT2D eigenvalue weighted by Gasteiger charge is -2.38. The molecule has 0 N–H and O–H groups in total. The number of unbranched alkanes of at least 4 members (excludes halogenated alkanes) is 3. The van der Waals surface area contributed by atoms with Crippen molar-refractivity contribution in [1.29, 1.82) is 0 Å². The summed E-state index contributed by atoms with van der Waals surface area (Å²) in [6.45, 7) is 7.08. The Bertz CT molecular complexity index is 393. The summed E-state index contributed by atoms with van der Waals surface area (Å²) in [7, 11) is 0. The fraction of sp³-hybridized carbons (Fsp3) is 0.714.